The number of rotatable bonds is 3. The number of nitrogens with one attached hydrogen (secondary N) is 1. The minimum atomic E-state index is -0.268. The smallest absolute Gasteiger partial charge is 0.257 e. The van der Waals surface area contributed by atoms with Gasteiger partial charge < -0.3 is 9.73 Å². The van der Waals surface area contributed by atoms with Crippen molar-refractivity contribution >= 4 is 34.4 Å². The van der Waals surface area contributed by atoms with E-state index in [2.05, 4.69) is 15.3 Å². The highest BCUT2D eigenvalue weighted by molar-refractivity contribution is 6.34. The van der Waals surface area contributed by atoms with Crippen molar-refractivity contribution in [1.82, 2.24) is 9.97 Å². The van der Waals surface area contributed by atoms with E-state index in [-0.39, 0.29) is 5.91 Å². The number of amides is 1. The maximum Gasteiger partial charge on any atom is 0.257 e. The van der Waals surface area contributed by atoms with Crippen molar-refractivity contribution in [1.29, 1.82) is 0 Å². The summed E-state index contributed by atoms with van der Waals surface area (Å²) in [6.45, 7) is 1.92. The first kappa shape index (κ1) is 16.3. The molecule has 0 aliphatic heterocycles. The fraction of sp³-hybridized carbons (Fsp3) is 0.0500. The molecule has 0 saturated carbocycles. The maximum absolute atomic E-state index is 12.5. The van der Waals surface area contributed by atoms with E-state index in [1.807, 2.05) is 31.2 Å². The van der Waals surface area contributed by atoms with Crippen LogP contribution < -0.4 is 5.32 Å². The van der Waals surface area contributed by atoms with Crippen LogP contribution in [0.3, 0.4) is 0 Å². The van der Waals surface area contributed by atoms with Gasteiger partial charge in [0, 0.05) is 17.4 Å². The molecular weight excluding hydrogens is 350 g/mol. The van der Waals surface area contributed by atoms with E-state index in [1.54, 1.807) is 36.5 Å². The number of fused-ring (bicyclic) bond motifs is 1. The molecule has 2 aromatic carbocycles. The third-order valence-corrected chi connectivity index (χ3v) is 4.35. The molecule has 128 valence electrons. The van der Waals surface area contributed by atoms with Crippen LogP contribution in [0.25, 0.3) is 22.7 Å². The fourth-order valence-electron chi connectivity index (χ4n) is 2.62. The molecular formula is C20H14ClN3O2. The van der Waals surface area contributed by atoms with E-state index >= 15 is 0 Å². The van der Waals surface area contributed by atoms with Crippen LogP contribution in [0.4, 0.5) is 5.69 Å². The lowest BCUT2D eigenvalue weighted by atomic mass is 10.1. The number of nitrogens with zero attached hydrogens (tertiary/aromatic N) is 2. The van der Waals surface area contributed by atoms with E-state index in [1.165, 1.54) is 0 Å². The molecule has 0 atom stereocenters. The van der Waals surface area contributed by atoms with Crippen LogP contribution in [-0.4, -0.2) is 15.9 Å². The summed E-state index contributed by atoms with van der Waals surface area (Å²) in [4.78, 5) is 21.1. The Morgan fingerprint density at radius 1 is 1.12 bits per heavy atom. The van der Waals surface area contributed by atoms with Crippen molar-refractivity contribution in [2.75, 3.05) is 5.32 Å². The molecule has 2 aromatic heterocycles. The number of anilines is 1. The zero-order chi connectivity index (χ0) is 18.1. The lowest BCUT2D eigenvalue weighted by Gasteiger charge is -2.10. The van der Waals surface area contributed by atoms with E-state index in [4.69, 9.17) is 16.0 Å². The second kappa shape index (κ2) is 6.61. The minimum Gasteiger partial charge on any atom is -0.434 e. The van der Waals surface area contributed by atoms with Crippen molar-refractivity contribution in [2.24, 2.45) is 0 Å². The Labute approximate surface area is 154 Å². The summed E-state index contributed by atoms with van der Waals surface area (Å²) in [5.74, 6) is 0.182. The predicted molar refractivity (Wildman–Crippen MR) is 101 cm³/mol. The van der Waals surface area contributed by atoms with Gasteiger partial charge in [0.25, 0.3) is 5.91 Å². The zero-order valence-corrected chi connectivity index (χ0v) is 14.6. The van der Waals surface area contributed by atoms with Crippen LogP contribution in [-0.2, 0) is 0 Å². The van der Waals surface area contributed by atoms with Crippen LogP contribution in [0.15, 0.2) is 65.2 Å². The average Bonchev–Trinajstić information content (AvgIpc) is 3.08. The summed E-state index contributed by atoms with van der Waals surface area (Å²) in [6.07, 6.45) is 1.67. The van der Waals surface area contributed by atoms with Crippen LogP contribution in [0.2, 0.25) is 5.02 Å². The summed E-state index contributed by atoms with van der Waals surface area (Å²) in [7, 11) is 0. The van der Waals surface area contributed by atoms with E-state index in [0.29, 0.717) is 33.4 Å². The van der Waals surface area contributed by atoms with Gasteiger partial charge in [-0.15, -0.1) is 0 Å². The first-order valence-electron chi connectivity index (χ1n) is 8.00. The fourth-order valence-corrected chi connectivity index (χ4v) is 2.84. The number of carbonyl (C=O) groups is 1. The summed E-state index contributed by atoms with van der Waals surface area (Å²) in [5.41, 5.74) is 3.92. The van der Waals surface area contributed by atoms with Gasteiger partial charge in [-0.05, 0) is 48.9 Å². The second-order valence-electron chi connectivity index (χ2n) is 5.81. The standard InChI is InChI=1S/C20H14ClN3O2/c1-12-8-9-13(20-24-18-17(26-20)7-4-10-22-18)11-16(12)23-19(25)14-5-2-3-6-15(14)21/h2-11H,1H3,(H,23,25). The highest BCUT2D eigenvalue weighted by Gasteiger charge is 2.14. The monoisotopic (exact) mass is 363 g/mol. The van der Waals surface area contributed by atoms with Gasteiger partial charge in [-0.1, -0.05) is 29.8 Å². The minimum absolute atomic E-state index is 0.268. The van der Waals surface area contributed by atoms with Crippen LogP contribution >= 0.6 is 11.6 Å². The molecule has 0 aliphatic rings. The zero-order valence-electron chi connectivity index (χ0n) is 13.9. The maximum atomic E-state index is 12.5. The molecule has 0 saturated heterocycles. The third kappa shape index (κ3) is 3.05. The van der Waals surface area contributed by atoms with Gasteiger partial charge in [0.1, 0.15) is 0 Å². The molecule has 0 bridgehead atoms. The highest BCUT2D eigenvalue weighted by Crippen LogP contribution is 2.28. The number of aromatic nitrogens is 2. The lowest BCUT2D eigenvalue weighted by Crippen LogP contribution is -2.13. The number of pyridine rings is 1. The quantitative estimate of drug-likeness (QED) is 0.549. The number of halogens is 1. The van der Waals surface area contributed by atoms with Crippen LogP contribution in [0.1, 0.15) is 15.9 Å². The first-order chi connectivity index (χ1) is 12.6. The molecule has 0 unspecified atom stereocenters. The molecule has 6 heteroatoms. The van der Waals surface area contributed by atoms with Gasteiger partial charge in [0.2, 0.25) is 5.89 Å². The van der Waals surface area contributed by atoms with E-state index < -0.39 is 0 Å². The van der Waals surface area contributed by atoms with Crippen LogP contribution in [0.5, 0.6) is 0 Å². The number of oxazole rings is 1. The van der Waals surface area contributed by atoms with Gasteiger partial charge in [0.15, 0.2) is 11.2 Å². The number of benzene rings is 2. The molecule has 2 heterocycles. The summed E-state index contributed by atoms with van der Waals surface area (Å²) >= 11 is 6.10. The normalized spacial score (nSPS) is 10.8. The Bertz CT molecular complexity index is 1090. The largest absolute Gasteiger partial charge is 0.434 e. The van der Waals surface area contributed by atoms with Gasteiger partial charge in [0.05, 0.1) is 10.6 Å². The third-order valence-electron chi connectivity index (χ3n) is 4.02. The first-order valence-corrected chi connectivity index (χ1v) is 8.38. The Balaban J connectivity index is 1.68. The molecule has 1 amide bonds. The molecule has 5 nitrogen and oxygen atoms in total. The number of aryl methyl sites for hydroxylation is 1. The molecule has 26 heavy (non-hydrogen) atoms. The Kier molecular flexibility index (Phi) is 4.14. The van der Waals surface area contributed by atoms with Crippen molar-refractivity contribution in [3.8, 4) is 11.5 Å². The Morgan fingerprint density at radius 2 is 1.96 bits per heavy atom. The van der Waals surface area contributed by atoms with Crippen molar-refractivity contribution in [3.63, 3.8) is 0 Å². The van der Waals surface area contributed by atoms with Crippen molar-refractivity contribution in [3.05, 3.63) is 76.9 Å². The topological polar surface area (TPSA) is 68.0 Å². The summed E-state index contributed by atoms with van der Waals surface area (Å²) in [6, 6.07) is 16.2. The molecule has 1 N–H and O–H groups in total. The number of carbonyl (C=O) groups excluding carboxylic acids is 1. The molecule has 4 aromatic rings. The number of hydrogen-bond donors (Lipinski definition) is 1. The summed E-state index contributed by atoms with van der Waals surface area (Å²) < 4.78 is 5.75. The van der Waals surface area contributed by atoms with Crippen molar-refractivity contribution in [2.45, 2.75) is 6.92 Å². The van der Waals surface area contributed by atoms with Crippen molar-refractivity contribution < 1.29 is 9.21 Å². The lowest BCUT2D eigenvalue weighted by molar-refractivity contribution is 0.102. The average molecular weight is 364 g/mol. The van der Waals surface area contributed by atoms with Gasteiger partial charge in [-0.2, -0.15) is 4.98 Å². The molecule has 4 rings (SSSR count). The SMILES string of the molecule is Cc1ccc(-c2nc3ncccc3o2)cc1NC(=O)c1ccccc1Cl. The van der Waals surface area contributed by atoms with Crippen LogP contribution in [0, 0.1) is 6.92 Å². The van der Waals surface area contributed by atoms with Gasteiger partial charge in [-0.25, -0.2) is 4.98 Å². The summed E-state index contributed by atoms with van der Waals surface area (Å²) in [5, 5.41) is 3.31. The van der Waals surface area contributed by atoms with Gasteiger partial charge in [-0.3, -0.25) is 4.79 Å². The molecule has 0 fully saturated rings. The van der Waals surface area contributed by atoms with E-state index in [9.17, 15) is 4.79 Å². The van der Waals surface area contributed by atoms with E-state index in [0.717, 1.165) is 11.1 Å². The molecule has 0 spiro atoms. The number of hydrogen-bond acceptors (Lipinski definition) is 4. The van der Waals surface area contributed by atoms with Gasteiger partial charge >= 0.3 is 0 Å². The Hall–Kier alpha value is -3.18. The Morgan fingerprint density at radius 3 is 2.77 bits per heavy atom. The predicted octanol–water partition coefficient (Wildman–Crippen LogP) is 5.10. The highest BCUT2D eigenvalue weighted by atomic mass is 35.5. The molecule has 0 radical (unpaired) electrons. The second-order valence-corrected chi connectivity index (χ2v) is 6.22. The molecule has 0 aliphatic carbocycles.